The number of nitrogens with zero attached hydrogens (tertiary/aromatic N) is 2. The highest BCUT2D eigenvalue weighted by Crippen LogP contribution is 2.12. The maximum absolute atomic E-state index is 10.7. The highest BCUT2D eigenvalue weighted by atomic mass is 16.6. The Balaban J connectivity index is 2.48. The lowest BCUT2D eigenvalue weighted by Crippen LogP contribution is -2.37. The van der Waals surface area contributed by atoms with Crippen molar-refractivity contribution >= 4 is 11.6 Å². The van der Waals surface area contributed by atoms with E-state index in [0.29, 0.717) is 18.4 Å². The molecule has 110 valence electrons. The first-order chi connectivity index (χ1) is 9.52. The molecule has 0 aliphatic heterocycles. The molecule has 0 heterocycles. The van der Waals surface area contributed by atoms with Gasteiger partial charge in [-0.05, 0) is 17.9 Å². The van der Waals surface area contributed by atoms with Crippen molar-refractivity contribution in [1.82, 2.24) is 10.6 Å². The Morgan fingerprint density at radius 1 is 1.40 bits per heavy atom. The van der Waals surface area contributed by atoms with Gasteiger partial charge in [-0.3, -0.25) is 15.1 Å². The van der Waals surface area contributed by atoms with Gasteiger partial charge in [-0.25, -0.2) is 0 Å². The standard InChI is InChI=1S/C14H22N4O2/c1-11(2)7-8-16-14(15-3)17-10-12-5-4-6-13(9-12)18(19)20/h4-6,9,11H,7-8,10H2,1-3H3,(H2,15,16,17). The number of hydrogen-bond acceptors (Lipinski definition) is 3. The number of nitrogens with one attached hydrogen (secondary N) is 2. The van der Waals surface area contributed by atoms with Gasteiger partial charge in [-0.2, -0.15) is 0 Å². The molecule has 0 aliphatic carbocycles. The van der Waals surface area contributed by atoms with Crippen molar-refractivity contribution in [2.75, 3.05) is 13.6 Å². The Morgan fingerprint density at radius 3 is 2.75 bits per heavy atom. The fraction of sp³-hybridized carbons (Fsp3) is 0.500. The van der Waals surface area contributed by atoms with Gasteiger partial charge in [0.25, 0.3) is 5.69 Å². The van der Waals surface area contributed by atoms with Gasteiger partial charge < -0.3 is 10.6 Å². The zero-order chi connectivity index (χ0) is 15.0. The molecule has 20 heavy (non-hydrogen) atoms. The number of benzene rings is 1. The van der Waals surface area contributed by atoms with Crippen LogP contribution in [-0.4, -0.2) is 24.5 Å². The number of nitro benzene ring substituents is 1. The van der Waals surface area contributed by atoms with Crippen LogP contribution in [0.3, 0.4) is 0 Å². The van der Waals surface area contributed by atoms with Crippen molar-refractivity contribution in [1.29, 1.82) is 0 Å². The highest BCUT2D eigenvalue weighted by molar-refractivity contribution is 5.79. The average Bonchev–Trinajstić information content (AvgIpc) is 2.42. The van der Waals surface area contributed by atoms with Crippen molar-refractivity contribution < 1.29 is 4.92 Å². The van der Waals surface area contributed by atoms with Crippen LogP contribution in [0.15, 0.2) is 29.3 Å². The van der Waals surface area contributed by atoms with E-state index < -0.39 is 0 Å². The molecule has 0 amide bonds. The molecule has 0 aromatic heterocycles. The Kier molecular flexibility index (Phi) is 6.49. The lowest BCUT2D eigenvalue weighted by atomic mass is 10.1. The van der Waals surface area contributed by atoms with E-state index in [1.807, 2.05) is 6.07 Å². The second-order valence-electron chi connectivity index (χ2n) is 4.96. The molecule has 0 saturated heterocycles. The van der Waals surface area contributed by atoms with Crippen LogP contribution in [0.2, 0.25) is 0 Å². The summed E-state index contributed by atoms with van der Waals surface area (Å²) in [5.41, 5.74) is 0.957. The predicted octanol–water partition coefficient (Wildman–Crippen LogP) is 2.31. The summed E-state index contributed by atoms with van der Waals surface area (Å²) >= 11 is 0. The summed E-state index contributed by atoms with van der Waals surface area (Å²) in [6.07, 6.45) is 1.07. The maximum atomic E-state index is 10.7. The summed E-state index contributed by atoms with van der Waals surface area (Å²) in [5, 5.41) is 17.1. The summed E-state index contributed by atoms with van der Waals surface area (Å²) in [6, 6.07) is 6.58. The number of non-ortho nitro benzene ring substituents is 1. The van der Waals surface area contributed by atoms with Crippen molar-refractivity contribution in [2.45, 2.75) is 26.8 Å². The largest absolute Gasteiger partial charge is 0.356 e. The molecule has 0 bridgehead atoms. The van der Waals surface area contributed by atoms with Crippen molar-refractivity contribution in [3.63, 3.8) is 0 Å². The Morgan fingerprint density at radius 2 is 2.15 bits per heavy atom. The molecule has 0 atom stereocenters. The van der Waals surface area contributed by atoms with Crippen molar-refractivity contribution in [2.24, 2.45) is 10.9 Å². The minimum Gasteiger partial charge on any atom is -0.356 e. The third kappa shape index (κ3) is 5.69. The quantitative estimate of drug-likeness (QED) is 0.362. The minimum absolute atomic E-state index is 0.104. The van der Waals surface area contributed by atoms with Crippen LogP contribution < -0.4 is 10.6 Å². The van der Waals surface area contributed by atoms with Crippen molar-refractivity contribution in [3.05, 3.63) is 39.9 Å². The maximum Gasteiger partial charge on any atom is 0.269 e. The molecule has 0 unspecified atom stereocenters. The molecular weight excluding hydrogens is 256 g/mol. The summed E-state index contributed by atoms with van der Waals surface area (Å²) in [7, 11) is 1.71. The molecule has 1 aromatic carbocycles. The molecule has 0 radical (unpaired) electrons. The van der Waals surface area contributed by atoms with Gasteiger partial charge in [-0.1, -0.05) is 26.0 Å². The summed E-state index contributed by atoms with van der Waals surface area (Å²) in [6.45, 7) is 5.69. The third-order valence-corrected chi connectivity index (χ3v) is 2.82. The van der Waals surface area contributed by atoms with Crippen LogP contribution >= 0.6 is 0 Å². The van der Waals surface area contributed by atoms with Crippen LogP contribution in [-0.2, 0) is 6.54 Å². The van der Waals surface area contributed by atoms with E-state index >= 15 is 0 Å². The number of rotatable bonds is 6. The normalized spacial score (nSPS) is 11.5. The predicted molar refractivity (Wildman–Crippen MR) is 80.8 cm³/mol. The van der Waals surface area contributed by atoms with E-state index in [1.165, 1.54) is 6.07 Å². The molecule has 1 aromatic rings. The van der Waals surface area contributed by atoms with E-state index in [-0.39, 0.29) is 10.6 Å². The van der Waals surface area contributed by atoms with Gasteiger partial charge in [0.1, 0.15) is 0 Å². The Labute approximate surface area is 119 Å². The topological polar surface area (TPSA) is 79.6 Å². The first-order valence-corrected chi connectivity index (χ1v) is 6.70. The Hall–Kier alpha value is -2.11. The van der Waals surface area contributed by atoms with E-state index in [0.717, 1.165) is 18.5 Å². The molecule has 6 nitrogen and oxygen atoms in total. The molecule has 0 fully saturated rings. The first kappa shape index (κ1) is 15.9. The van der Waals surface area contributed by atoms with Gasteiger partial charge in [0.2, 0.25) is 0 Å². The van der Waals surface area contributed by atoms with Gasteiger partial charge in [0.05, 0.1) is 4.92 Å². The lowest BCUT2D eigenvalue weighted by molar-refractivity contribution is -0.384. The third-order valence-electron chi connectivity index (χ3n) is 2.82. The van der Waals surface area contributed by atoms with Crippen molar-refractivity contribution in [3.8, 4) is 0 Å². The summed E-state index contributed by atoms with van der Waals surface area (Å²) in [4.78, 5) is 14.4. The minimum atomic E-state index is -0.390. The number of aliphatic imine (C=N–C) groups is 1. The fourth-order valence-corrected chi connectivity index (χ4v) is 1.67. The number of guanidine groups is 1. The SMILES string of the molecule is CN=C(NCCC(C)C)NCc1cccc([N+](=O)[O-])c1. The van der Waals surface area contributed by atoms with Crippen LogP contribution in [0.1, 0.15) is 25.8 Å². The monoisotopic (exact) mass is 278 g/mol. The van der Waals surface area contributed by atoms with Gasteiger partial charge in [0, 0.05) is 32.3 Å². The van der Waals surface area contributed by atoms with Crippen LogP contribution in [0.5, 0.6) is 0 Å². The molecule has 2 N–H and O–H groups in total. The summed E-state index contributed by atoms with van der Waals surface area (Å²) in [5.74, 6) is 1.34. The van der Waals surface area contributed by atoms with E-state index in [2.05, 4.69) is 29.5 Å². The average molecular weight is 278 g/mol. The second-order valence-corrected chi connectivity index (χ2v) is 4.96. The summed E-state index contributed by atoms with van der Waals surface area (Å²) < 4.78 is 0. The van der Waals surface area contributed by atoms with Gasteiger partial charge >= 0.3 is 0 Å². The number of nitro groups is 1. The van der Waals surface area contributed by atoms with Crippen LogP contribution in [0, 0.1) is 16.0 Å². The fourth-order valence-electron chi connectivity index (χ4n) is 1.67. The number of hydrogen-bond donors (Lipinski definition) is 2. The lowest BCUT2D eigenvalue weighted by Gasteiger charge is -2.12. The van der Waals surface area contributed by atoms with Crippen LogP contribution in [0.25, 0.3) is 0 Å². The van der Waals surface area contributed by atoms with E-state index in [4.69, 9.17) is 0 Å². The zero-order valence-corrected chi connectivity index (χ0v) is 12.2. The van der Waals surface area contributed by atoms with Crippen LogP contribution in [0.4, 0.5) is 5.69 Å². The van der Waals surface area contributed by atoms with Gasteiger partial charge in [-0.15, -0.1) is 0 Å². The molecule has 6 heteroatoms. The molecule has 0 spiro atoms. The Bertz CT molecular complexity index is 472. The first-order valence-electron chi connectivity index (χ1n) is 6.70. The molecule has 0 saturated carbocycles. The highest BCUT2D eigenvalue weighted by Gasteiger charge is 2.06. The molecule has 1 rings (SSSR count). The second kappa shape index (κ2) is 8.14. The zero-order valence-electron chi connectivity index (χ0n) is 12.2. The van der Waals surface area contributed by atoms with E-state index in [1.54, 1.807) is 19.2 Å². The molecular formula is C14H22N4O2. The smallest absolute Gasteiger partial charge is 0.269 e. The van der Waals surface area contributed by atoms with E-state index in [9.17, 15) is 10.1 Å². The molecule has 0 aliphatic rings. The van der Waals surface area contributed by atoms with Gasteiger partial charge in [0.15, 0.2) is 5.96 Å².